The number of hydrogen-bond donors (Lipinski definition) is 2. The molecule has 0 unspecified atom stereocenters. The molecule has 0 fully saturated rings. The van der Waals surface area contributed by atoms with Crippen LogP contribution in [-0.4, -0.2) is 23.9 Å². The summed E-state index contributed by atoms with van der Waals surface area (Å²) in [5.41, 5.74) is 2.42. The van der Waals surface area contributed by atoms with Crippen molar-refractivity contribution < 1.29 is 4.79 Å². The van der Waals surface area contributed by atoms with Crippen LogP contribution >= 0.6 is 0 Å². The zero-order valence-corrected chi connectivity index (χ0v) is 10.3. The Labute approximate surface area is 101 Å². The molecular weight excluding hydrogens is 212 g/mol. The summed E-state index contributed by atoms with van der Waals surface area (Å²) in [6.07, 6.45) is 3.49. The zero-order chi connectivity index (χ0) is 12.3. The van der Waals surface area contributed by atoms with Gasteiger partial charge in [0.05, 0.1) is 0 Å². The highest BCUT2D eigenvalue weighted by molar-refractivity contribution is 5.83. The third kappa shape index (κ3) is 2.74. The molecule has 90 valence electrons. The fourth-order valence-corrected chi connectivity index (χ4v) is 2.19. The molecule has 0 spiro atoms. The van der Waals surface area contributed by atoms with Gasteiger partial charge in [-0.15, -0.1) is 0 Å². The first-order valence-corrected chi connectivity index (χ1v) is 5.92. The average Bonchev–Trinajstić information content (AvgIpc) is 2.71. The second kappa shape index (κ2) is 5.15. The number of Topliss-reactive ketones (excluding diaryl/α,β-unsaturated/α-hetero) is 1. The van der Waals surface area contributed by atoms with Crippen molar-refractivity contribution in [3.63, 3.8) is 0 Å². The molecule has 1 aromatic heterocycles. The topological polar surface area (TPSA) is 44.9 Å². The fraction of sp³-hybridized carbons (Fsp3) is 0.357. The van der Waals surface area contributed by atoms with Gasteiger partial charge in [0.25, 0.3) is 0 Å². The molecule has 0 bridgehead atoms. The Bertz CT molecular complexity index is 516. The molecule has 17 heavy (non-hydrogen) atoms. The summed E-state index contributed by atoms with van der Waals surface area (Å²) in [5.74, 6) is 0.226. The Balaban J connectivity index is 2.19. The molecule has 0 aliphatic rings. The summed E-state index contributed by atoms with van der Waals surface area (Å²) < 4.78 is 0. The predicted molar refractivity (Wildman–Crippen MR) is 70.1 cm³/mol. The molecule has 2 aromatic rings. The molecule has 0 saturated carbocycles. The predicted octanol–water partition coefficient (Wildman–Crippen LogP) is 2.28. The first-order valence-electron chi connectivity index (χ1n) is 5.92. The number of para-hydroxylation sites is 1. The third-order valence-electron chi connectivity index (χ3n) is 3.08. The van der Waals surface area contributed by atoms with Gasteiger partial charge in [0.2, 0.25) is 0 Å². The van der Waals surface area contributed by atoms with Crippen molar-refractivity contribution >= 4 is 16.7 Å². The normalized spacial score (nSPS) is 12.8. The molecule has 1 heterocycles. The highest BCUT2D eigenvalue weighted by Crippen LogP contribution is 2.19. The number of nitrogens with one attached hydrogen (secondary N) is 2. The quantitative estimate of drug-likeness (QED) is 0.827. The van der Waals surface area contributed by atoms with Gasteiger partial charge < -0.3 is 10.3 Å². The minimum Gasteiger partial charge on any atom is -0.361 e. The number of likely N-dealkylation sites (N-methyl/N-ethyl adjacent to an activating group) is 1. The molecule has 0 saturated heterocycles. The molecule has 0 amide bonds. The first kappa shape index (κ1) is 11.9. The van der Waals surface area contributed by atoms with Crippen LogP contribution in [0.1, 0.15) is 18.9 Å². The third-order valence-corrected chi connectivity index (χ3v) is 3.08. The van der Waals surface area contributed by atoms with Crippen LogP contribution in [0.2, 0.25) is 0 Å². The van der Waals surface area contributed by atoms with E-state index in [1.807, 2.05) is 25.4 Å². The van der Waals surface area contributed by atoms with Crippen LogP contribution in [0, 0.1) is 0 Å². The number of hydrogen-bond acceptors (Lipinski definition) is 2. The van der Waals surface area contributed by atoms with Crippen LogP contribution < -0.4 is 5.32 Å². The number of benzene rings is 1. The highest BCUT2D eigenvalue weighted by Gasteiger charge is 2.12. The van der Waals surface area contributed by atoms with Crippen LogP contribution in [0.25, 0.3) is 10.9 Å². The lowest BCUT2D eigenvalue weighted by molar-refractivity contribution is -0.117. The smallest absolute Gasteiger partial charge is 0.131 e. The average molecular weight is 230 g/mol. The van der Waals surface area contributed by atoms with Gasteiger partial charge in [0.15, 0.2) is 0 Å². The van der Waals surface area contributed by atoms with E-state index in [2.05, 4.69) is 22.4 Å². The summed E-state index contributed by atoms with van der Waals surface area (Å²) in [7, 11) is 1.91. The molecule has 2 N–H and O–H groups in total. The van der Waals surface area contributed by atoms with E-state index in [9.17, 15) is 4.79 Å². The Morgan fingerprint density at radius 1 is 1.41 bits per heavy atom. The summed E-state index contributed by atoms with van der Waals surface area (Å²) >= 11 is 0. The van der Waals surface area contributed by atoms with E-state index in [1.165, 1.54) is 10.9 Å². The van der Waals surface area contributed by atoms with Crippen LogP contribution in [0.5, 0.6) is 0 Å². The van der Waals surface area contributed by atoms with Crippen molar-refractivity contribution in [2.75, 3.05) is 7.05 Å². The number of carbonyl (C=O) groups excluding carboxylic acids is 1. The van der Waals surface area contributed by atoms with Crippen LogP contribution in [-0.2, 0) is 11.2 Å². The van der Waals surface area contributed by atoms with Gasteiger partial charge in [0, 0.05) is 29.6 Å². The van der Waals surface area contributed by atoms with Gasteiger partial charge in [-0.25, -0.2) is 0 Å². The summed E-state index contributed by atoms with van der Waals surface area (Å²) in [5, 5.41) is 4.45. The number of fused-ring (bicyclic) bond motifs is 1. The number of H-pyrrole nitrogens is 1. The number of aromatic amines is 1. The number of aromatic nitrogens is 1. The van der Waals surface area contributed by atoms with Crippen molar-refractivity contribution in [1.29, 1.82) is 0 Å². The molecule has 1 atom stereocenters. The molecule has 3 heteroatoms. The van der Waals surface area contributed by atoms with E-state index in [-0.39, 0.29) is 11.8 Å². The molecule has 3 nitrogen and oxygen atoms in total. The minimum atomic E-state index is 0.215. The molecule has 0 aliphatic heterocycles. The SMILES string of the molecule is CN[C@H](CC(C)=O)Cc1c[nH]c2ccccc12. The number of ketones is 1. The van der Waals surface area contributed by atoms with Crippen molar-refractivity contribution in [2.24, 2.45) is 0 Å². The van der Waals surface area contributed by atoms with Crippen molar-refractivity contribution in [3.8, 4) is 0 Å². The van der Waals surface area contributed by atoms with E-state index in [4.69, 9.17) is 0 Å². The van der Waals surface area contributed by atoms with Crippen molar-refractivity contribution in [3.05, 3.63) is 36.0 Å². The maximum atomic E-state index is 11.2. The van der Waals surface area contributed by atoms with Crippen LogP contribution in [0.3, 0.4) is 0 Å². The maximum absolute atomic E-state index is 11.2. The van der Waals surface area contributed by atoms with Gasteiger partial charge in [-0.2, -0.15) is 0 Å². The van der Waals surface area contributed by atoms with E-state index in [0.29, 0.717) is 6.42 Å². The van der Waals surface area contributed by atoms with E-state index in [1.54, 1.807) is 6.92 Å². The largest absolute Gasteiger partial charge is 0.361 e. The van der Waals surface area contributed by atoms with Gasteiger partial charge in [-0.3, -0.25) is 4.79 Å². The van der Waals surface area contributed by atoms with E-state index in [0.717, 1.165) is 11.9 Å². The fourth-order valence-electron chi connectivity index (χ4n) is 2.19. The Kier molecular flexibility index (Phi) is 3.59. The minimum absolute atomic E-state index is 0.215. The Morgan fingerprint density at radius 3 is 2.88 bits per heavy atom. The first-order chi connectivity index (χ1) is 8.20. The maximum Gasteiger partial charge on any atom is 0.131 e. The lowest BCUT2D eigenvalue weighted by Crippen LogP contribution is -2.29. The van der Waals surface area contributed by atoms with Crippen molar-refractivity contribution in [2.45, 2.75) is 25.8 Å². The molecular formula is C14H18N2O. The second-order valence-electron chi connectivity index (χ2n) is 4.46. The van der Waals surface area contributed by atoms with Gasteiger partial charge in [-0.05, 0) is 32.0 Å². The summed E-state index contributed by atoms with van der Waals surface area (Å²) in [4.78, 5) is 14.4. The standard InChI is InChI=1S/C14H18N2O/c1-10(17)7-12(15-2)8-11-9-16-14-6-4-3-5-13(11)14/h3-6,9,12,15-16H,7-8H2,1-2H3/t12-/m1/s1. The second-order valence-corrected chi connectivity index (χ2v) is 4.46. The van der Waals surface area contributed by atoms with Gasteiger partial charge in [-0.1, -0.05) is 18.2 Å². The van der Waals surface area contributed by atoms with Gasteiger partial charge >= 0.3 is 0 Å². The van der Waals surface area contributed by atoms with E-state index >= 15 is 0 Å². The number of rotatable bonds is 5. The number of carbonyl (C=O) groups is 1. The van der Waals surface area contributed by atoms with E-state index < -0.39 is 0 Å². The summed E-state index contributed by atoms with van der Waals surface area (Å²) in [6.45, 7) is 1.64. The van der Waals surface area contributed by atoms with Crippen LogP contribution in [0.15, 0.2) is 30.5 Å². The van der Waals surface area contributed by atoms with Crippen LogP contribution in [0.4, 0.5) is 0 Å². The monoisotopic (exact) mass is 230 g/mol. The molecule has 1 aromatic carbocycles. The molecule has 0 radical (unpaired) electrons. The lowest BCUT2D eigenvalue weighted by Gasteiger charge is -2.13. The lowest BCUT2D eigenvalue weighted by atomic mass is 10.0. The van der Waals surface area contributed by atoms with Gasteiger partial charge in [0.1, 0.15) is 5.78 Å². The summed E-state index contributed by atoms with van der Waals surface area (Å²) in [6, 6.07) is 8.46. The Morgan fingerprint density at radius 2 is 2.18 bits per heavy atom. The Hall–Kier alpha value is -1.61. The highest BCUT2D eigenvalue weighted by atomic mass is 16.1. The zero-order valence-electron chi connectivity index (χ0n) is 10.3. The molecule has 0 aliphatic carbocycles. The molecule has 2 rings (SSSR count). The van der Waals surface area contributed by atoms with Crippen molar-refractivity contribution in [1.82, 2.24) is 10.3 Å².